The van der Waals surface area contributed by atoms with Crippen LogP contribution in [-0.4, -0.2) is 30.8 Å². The third-order valence-corrected chi connectivity index (χ3v) is 3.25. The largest absolute Gasteiger partial charge is 0.490 e. The van der Waals surface area contributed by atoms with E-state index in [9.17, 15) is 14.9 Å². The van der Waals surface area contributed by atoms with Crippen LogP contribution < -0.4 is 14.9 Å². The van der Waals surface area contributed by atoms with Crippen LogP contribution in [0.15, 0.2) is 47.6 Å². The van der Waals surface area contributed by atoms with Crippen molar-refractivity contribution < 1.29 is 19.2 Å². The summed E-state index contributed by atoms with van der Waals surface area (Å²) in [7, 11) is 1.35. The highest BCUT2D eigenvalue weighted by Crippen LogP contribution is 2.26. The SMILES string of the molecule is COc1ccc(/C=N/NC(=O)COc2ccccc2C)cc1[N+](=O)[O-]. The zero-order valence-corrected chi connectivity index (χ0v) is 13.8. The molecular weight excluding hydrogens is 326 g/mol. The zero-order chi connectivity index (χ0) is 18.2. The van der Waals surface area contributed by atoms with E-state index in [1.165, 1.54) is 25.5 Å². The molecule has 0 unspecified atom stereocenters. The number of nitro groups is 1. The number of carbonyl (C=O) groups is 1. The van der Waals surface area contributed by atoms with E-state index < -0.39 is 10.8 Å². The van der Waals surface area contributed by atoms with Crippen molar-refractivity contribution in [3.05, 3.63) is 63.7 Å². The van der Waals surface area contributed by atoms with Crippen LogP contribution in [0.2, 0.25) is 0 Å². The lowest BCUT2D eigenvalue weighted by Gasteiger charge is -2.07. The number of nitrogens with one attached hydrogen (secondary N) is 1. The highest BCUT2D eigenvalue weighted by Gasteiger charge is 2.14. The standard InChI is InChI=1S/C17H17N3O5/c1-12-5-3-4-6-15(12)25-11-17(21)19-18-10-13-7-8-16(24-2)14(9-13)20(22)23/h3-10H,11H2,1-2H3,(H,19,21)/b18-10+. The predicted molar refractivity (Wildman–Crippen MR) is 92.1 cm³/mol. The number of aryl methyl sites for hydroxylation is 1. The van der Waals surface area contributed by atoms with Crippen molar-refractivity contribution in [1.82, 2.24) is 5.43 Å². The number of methoxy groups -OCH3 is 1. The third-order valence-electron chi connectivity index (χ3n) is 3.25. The summed E-state index contributed by atoms with van der Waals surface area (Å²) in [6.07, 6.45) is 1.30. The maximum absolute atomic E-state index is 11.7. The number of hydrogen-bond donors (Lipinski definition) is 1. The van der Waals surface area contributed by atoms with Crippen LogP contribution in [0.4, 0.5) is 5.69 Å². The van der Waals surface area contributed by atoms with E-state index in [2.05, 4.69) is 10.5 Å². The highest BCUT2D eigenvalue weighted by molar-refractivity contribution is 5.84. The Balaban J connectivity index is 1.92. The van der Waals surface area contributed by atoms with Gasteiger partial charge in [-0.15, -0.1) is 0 Å². The second-order valence-electron chi connectivity index (χ2n) is 5.04. The maximum Gasteiger partial charge on any atom is 0.311 e. The van der Waals surface area contributed by atoms with Gasteiger partial charge in [0.1, 0.15) is 5.75 Å². The second kappa shape index (κ2) is 8.44. The quantitative estimate of drug-likeness (QED) is 0.472. The van der Waals surface area contributed by atoms with Crippen molar-refractivity contribution in [2.75, 3.05) is 13.7 Å². The molecule has 130 valence electrons. The topological polar surface area (TPSA) is 103 Å². The molecule has 0 aliphatic rings. The number of amides is 1. The van der Waals surface area contributed by atoms with Gasteiger partial charge in [-0.3, -0.25) is 14.9 Å². The molecule has 0 saturated heterocycles. The lowest BCUT2D eigenvalue weighted by molar-refractivity contribution is -0.385. The number of nitro benzene ring substituents is 1. The number of ether oxygens (including phenoxy) is 2. The van der Waals surface area contributed by atoms with E-state index in [1.54, 1.807) is 12.1 Å². The van der Waals surface area contributed by atoms with Crippen LogP contribution in [0, 0.1) is 17.0 Å². The molecule has 25 heavy (non-hydrogen) atoms. The monoisotopic (exact) mass is 343 g/mol. The van der Waals surface area contributed by atoms with Gasteiger partial charge in [0.15, 0.2) is 12.4 Å². The fourth-order valence-corrected chi connectivity index (χ4v) is 2.00. The van der Waals surface area contributed by atoms with Gasteiger partial charge in [0.05, 0.1) is 18.2 Å². The first kappa shape index (κ1) is 17.9. The summed E-state index contributed by atoms with van der Waals surface area (Å²) in [6, 6.07) is 11.7. The Hall–Kier alpha value is -3.42. The number of benzene rings is 2. The molecule has 1 amide bonds. The van der Waals surface area contributed by atoms with E-state index in [0.717, 1.165) is 5.56 Å². The van der Waals surface area contributed by atoms with Gasteiger partial charge in [-0.05, 0) is 30.7 Å². The molecule has 1 N–H and O–H groups in total. The molecule has 0 saturated carbocycles. The van der Waals surface area contributed by atoms with Crippen molar-refractivity contribution in [3.63, 3.8) is 0 Å². The van der Waals surface area contributed by atoms with Crippen LogP contribution in [0.25, 0.3) is 0 Å². The number of nitrogens with zero attached hydrogens (tertiary/aromatic N) is 2. The van der Waals surface area contributed by atoms with Crippen molar-refractivity contribution >= 4 is 17.8 Å². The summed E-state index contributed by atoms with van der Waals surface area (Å²) in [5.74, 6) is 0.327. The summed E-state index contributed by atoms with van der Waals surface area (Å²) >= 11 is 0. The fraction of sp³-hybridized carbons (Fsp3) is 0.176. The molecular formula is C17H17N3O5. The molecule has 0 fully saturated rings. The number of hydrogen-bond acceptors (Lipinski definition) is 6. The van der Waals surface area contributed by atoms with Gasteiger partial charge in [-0.1, -0.05) is 18.2 Å². The highest BCUT2D eigenvalue weighted by atomic mass is 16.6. The van der Waals surface area contributed by atoms with Gasteiger partial charge < -0.3 is 9.47 Å². The Bertz CT molecular complexity index is 805. The Kier molecular flexibility index (Phi) is 6.05. The predicted octanol–water partition coefficient (Wildman–Crippen LogP) is 2.44. The van der Waals surface area contributed by atoms with E-state index >= 15 is 0 Å². The molecule has 0 radical (unpaired) electrons. The Labute approximate surface area is 144 Å². The molecule has 2 aromatic rings. The molecule has 8 heteroatoms. The minimum absolute atomic E-state index is 0.151. The van der Waals surface area contributed by atoms with E-state index in [4.69, 9.17) is 9.47 Å². The molecule has 0 aliphatic heterocycles. The van der Waals surface area contributed by atoms with Gasteiger partial charge in [0.25, 0.3) is 5.91 Å². The number of para-hydroxylation sites is 1. The van der Waals surface area contributed by atoms with Crippen molar-refractivity contribution in [2.24, 2.45) is 5.10 Å². The molecule has 2 rings (SSSR count). The molecule has 0 heterocycles. The summed E-state index contributed by atoms with van der Waals surface area (Å²) in [5, 5.41) is 14.7. The first-order valence-electron chi connectivity index (χ1n) is 7.34. The Morgan fingerprint density at radius 2 is 2.04 bits per heavy atom. The van der Waals surface area contributed by atoms with E-state index in [-0.39, 0.29) is 18.0 Å². The summed E-state index contributed by atoms with van der Waals surface area (Å²) in [5.41, 5.74) is 3.49. The van der Waals surface area contributed by atoms with Crippen LogP contribution in [0.5, 0.6) is 11.5 Å². The lowest BCUT2D eigenvalue weighted by Crippen LogP contribution is -2.24. The summed E-state index contributed by atoms with van der Waals surface area (Å²) in [4.78, 5) is 22.1. The van der Waals surface area contributed by atoms with Crippen LogP contribution in [-0.2, 0) is 4.79 Å². The third kappa shape index (κ3) is 5.03. The van der Waals surface area contributed by atoms with Crippen LogP contribution >= 0.6 is 0 Å². The first-order chi connectivity index (χ1) is 12.0. The molecule has 2 aromatic carbocycles. The number of carbonyl (C=O) groups excluding carboxylic acids is 1. The van der Waals surface area contributed by atoms with Crippen LogP contribution in [0.3, 0.4) is 0 Å². The molecule has 0 bridgehead atoms. The van der Waals surface area contributed by atoms with Crippen molar-refractivity contribution in [1.29, 1.82) is 0 Å². The normalized spacial score (nSPS) is 10.5. The molecule has 0 spiro atoms. The number of rotatable bonds is 7. The summed E-state index contributed by atoms with van der Waals surface area (Å²) in [6.45, 7) is 1.69. The van der Waals surface area contributed by atoms with E-state index in [0.29, 0.717) is 11.3 Å². The van der Waals surface area contributed by atoms with Crippen molar-refractivity contribution in [2.45, 2.75) is 6.92 Å². The molecule has 8 nitrogen and oxygen atoms in total. The van der Waals surface area contributed by atoms with E-state index in [1.807, 2.05) is 25.1 Å². The fourth-order valence-electron chi connectivity index (χ4n) is 2.00. The summed E-state index contributed by atoms with van der Waals surface area (Å²) < 4.78 is 10.3. The Morgan fingerprint density at radius 1 is 1.28 bits per heavy atom. The zero-order valence-electron chi connectivity index (χ0n) is 13.8. The molecule has 0 atom stereocenters. The van der Waals surface area contributed by atoms with Gasteiger partial charge in [-0.2, -0.15) is 5.10 Å². The second-order valence-corrected chi connectivity index (χ2v) is 5.04. The molecule has 0 aliphatic carbocycles. The minimum atomic E-state index is -0.551. The van der Waals surface area contributed by atoms with Crippen molar-refractivity contribution in [3.8, 4) is 11.5 Å². The van der Waals surface area contributed by atoms with Gasteiger partial charge in [0.2, 0.25) is 0 Å². The van der Waals surface area contributed by atoms with Gasteiger partial charge >= 0.3 is 5.69 Å². The maximum atomic E-state index is 11.7. The average molecular weight is 343 g/mol. The van der Waals surface area contributed by atoms with Gasteiger partial charge in [0, 0.05) is 11.6 Å². The van der Waals surface area contributed by atoms with Gasteiger partial charge in [-0.25, -0.2) is 5.43 Å². The average Bonchev–Trinajstić information content (AvgIpc) is 2.61. The first-order valence-corrected chi connectivity index (χ1v) is 7.34. The van der Waals surface area contributed by atoms with Crippen LogP contribution in [0.1, 0.15) is 11.1 Å². The smallest absolute Gasteiger partial charge is 0.311 e. The lowest BCUT2D eigenvalue weighted by atomic mass is 10.2. The minimum Gasteiger partial charge on any atom is -0.490 e. The molecule has 0 aromatic heterocycles. The Morgan fingerprint density at radius 3 is 2.72 bits per heavy atom. The number of hydrazone groups is 1.